The van der Waals surface area contributed by atoms with E-state index in [9.17, 15) is 9.65 Å². The van der Waals surface area contributed by atoms with Crippen LogP contribution < -0.4 is 5.73 Å². The van der Waals surface area contributed by atoms with Crippen molar-refractivity contribution in [2.24, 2.45) is 11.1 Å². The van der Waals surface area contributed by atoms with E-state index in [0.29, 0.717) is 17.8 Å². The van der Waals surface area contributed by atoms with E-state index in [1.165, 1.54) is 5.56 Å². The van der Waals surface area contributed by atoms with E-state index in [-0.39, 0.29) is 11.2 Å². The van der Waals surface area contributed by atoms with Crippen molar-refractivity contribution in [3.63, 3.8) is 0 Å². The molecule has 0 amide bonds. The van der Waals surface area contributed by atoms with Crippen molar-refractivity contribution in [3.05, 3.63) is 106 Å². The lowest BCUT2D eigenvalue weighted by Crippen LogP contribution is -2.47. The molecule has 3 aliphatic rings. The van der Waals surface area contributed by atoms with Crippen LogP contribution in [-0.2, 0) is 29.7 Å². The van der Waals surface area contributed by atoms with Crippen molar-refractivity contribution < 1.29 is 9.23 Å². The molecule has 164 valence electrons. The third kappa shape index (κ3) is 2.77. The van der Waals surface area contributed by atoms with Gasteiger partial charge in [0.2, 0.25) is 0 Å². The van der Waals surface area contributed by atoms with Crippen molar-refractivity contribution in [1.82, 2.24) is 5.06 Å². The van der Waals surface area contributed by atoms with Crippen LogP contribution in [0.4, 0.5) is 4.39 Å². The van der Waals surface area contributed by atoms with Gasteiger partial charge in [0.15, 0.2) is 0 Å². The third-order valence-electron chi connectivity index (χ3n) is 7.75. The van der Waals surface area contributed by atoms with E-state index in [0.717, 1.165) is 47.1 Å². The minimum Gasteiger partial charge on any atom is -0.384 e. The summed E-state index contributed by atoms with van der Waals surface area (Å²) in [5.41, 5.74) is 12.3. The molecule has 0 fully saturated rings. The zero-order valence-electron chi connectivity index (χ0n) is 18.4. The van der Waals surface area contributed by atoms with Gasteiger partial charge in [-0.2, -0.15) is 5.26 Å². The normalized spacial score (nSPS) is 25.1. The summed E-state index contributed by atoms with van der Waals surface area (Å²) >= 11 is 0. The lowest BCUT2D eigenvalue weighted by molar-refractivity contribution is -0.221. The van der Waals surface area contributed by atoms with Crippen molar-refractivity contribution >= 4 is 0 Å². The predicted octanol–water partition coefficient (Wildman–Crippen LogP) is 4.97. The number of nitrogens with two attached hydrogens (primary N) is 1. The Morgan fingerprint density at radius 3 is 2.61 bits per heavy atom. The van der Waals surface area contributed by atoms with Crippen LogP contribution in [0.3, 0.4) is 0 Å². The molecule has 2 aliphatic carbocycles. The number of hydrogen-bond acceptors (Lipinski definition) is 4. The van der Waals surface area contributed by atoms with Crippen molar-refractivity contribution in [3.8, 4) is 17.2 Å². The molecule has 4 nitrogen and oxygen atoms in total. The number of hydrogen-bond donors (Lipinski definition) is 1. The van der Waals surface area contributed by atoms with Gasteiger partial charge in [-0.25, -0.2) is 9.45 Å². The molecule has 2 atom stereocenters. The predicted molar refractivity (Wildman–Crippen MR) is 124 cm³/mol. The largest absolute Gasteiger partial charge is 0.384 e. The minimum atomic E-state index is -0.714. The molecule has 2 spiro atoms. The van der Waals surface area contributed by atoms with Crippen molar-refractivity contribution in [2.45, 2.75) is 31.3 Å². The van der Waals surface area contributed by atoms with Crippen molar-refractivity contribution in [1.29, 1.82) is 5.26 Å². The molecule has 3 aromatic rings. The Morgan fingerprint density at radius 1 is 1.03 bits per heavy atom. The Hall–Kier alpha value is -3.62. The number of fused-ring (bicyclic) bond motifs is 4. The van der Waals surface area contributed by atoms with Crippen LogP contribution in [0.15, 0.2) is 72.6 Å². The van der Waals surface area contributed by atoms with Gasteiger partial charge in [0.1, 0.15) is 17.2 Å². The van der Waals surface area contributed by atoms with Gasteiger partial charge in [-0.05, 0) is 89.4 Å². The fourth-order valence-corrected chi connectivity index (χ4v) is 6.11. The summed E-state index contributed by atoms with van der Waals surface area (Å²) in [6.45, 7) is 0. The first-order valence-corrected chi connectivity index (χ1v) is 11.3. The highest BCUT2D eigenvalue weighted by Crippen LogP contribution is 2.61. The van der Waals surface area contributed by atoms with Gasteiger partial charge in [-0.3, -0.25) is 4.84 Å². The summed E-state index contributed by atoms with van der Waals surface area (Å²) in [6.07, 6.45) is 5.11. The Labute approximate surface area is 192 Å². The first-order valence-electron chi connectivity index (χ1n) is 11.3. The van der Waals surface area contributed by atoms with Gasteiger partial charge in [-0.15, -0.1) is 0 Å². The maximum absolute atomic E-state index is 14.5. The van der Waals surface area contributed by atoms with Crippen LogP contribution in [0.2, 0.25) is 0 Å². The average Bonchev–Trinajstić information content (AvgIpc) is 3.26. The van der Waals surface area contributed by atoms with Crippen LogP contribution in [0.25, 0.3) is 11.1 Å². The van der Waals surface area contributed by atoms with E-state index >= 15 is 0 Å². The molecule has 2 unspecified atom stereocenters. The maximum Gasteiger partial charge on any atom is 0.150 e. The van der Waals surface area contributed by atoms with E-state index < -0.39 is 5.60 Å². The number of rotatable bonds is 1. The second-order valence-corrected chi connectivity index (χ2v) is 9.47. The van der Waals surface area contributed by atoms with Gasteiger partial charge >= 0.3 is 0 Å². The molecule has 1 heterocycles. The quantitative estimate of drug-likeness (QED) is 0.584. The van der Waals surface area contributed by atoms with E-state index in [2.05, 4.69) is 30.3 Å². The summed E-state index contributed by atoms with van der Waals surface area (Å²) in [5, 5.41) is 11.0. The van der Waals surface area contributed by atoms with Crippen LogP contribution in [-0.4, -0.2) is 12.1 Å². The summed E-state index contributed by atoms with van der Waals surface area (Å²) in [6, 6.07) is 21.7. The zero-order chi connectivity index (χ0) is 22.8. The van der Waals surface area contributed by atoms with E-state index in [4.69, 9.17) is 10.6 Å². The van der Waals surface area contributed by atoms with E-state index in [1.807, 2.05) is 37.4 Å². The molecule has 0 saturated heterocycles. The molecule has 0 bridgehead atoms. The zero-order valence-corrected chi connectivity index (χ0v) is 18.4. The smallest absolute Gasteiger partial charge is 0.150 e. The van der Waals surface area contributed by atoms with Crippen LogP contribution in [0, 0.1) is 22.6 Å². The fourth-order valence-electron chi connectivity index (χ4n) is 6.11. The SMILES string of the molecule is CN1OC2(C=C1N)c1cc(-c3cccc(C#N)c3)ccc1CC21CCc2c(F)cccc2C1. The molecule has 0 saturated carbocycles. The molecule has 3 aromatic carbocycles. The minimum absolute atomic E-state index is 0.119. The number of benzene rings is 3. The summed E-state index contributed by atoms with van der Waals surface area (Å²) in [7, 11) is 1.84. The number of halogens is 1. The molecule has 1 aliphatic heterocycles. The van der Waals surface area contributed by atoms with Crippen LogP contribution in [0.1, 0.15) is 34.2 Å². The van der Waals surface area contributed by atoms with Gasteiger partial charge in [0.05, 0.1) is 11.6 Å². The molecule has 2 N–H and O–H groups in total. The van der Waals surface area contributed by atoms with E-state index in [1.54, 1.807) is 17.2 Å². The molecule has 0 radical (unpaired) electrons. The number of nitrogens with zero attached hydrogens (tertiary/aromatic N) is 2. The first-order chi connectivity index (χ1) is 15.9. The lowest BCUT2D eigenvalue weighted by Gasteiger charge is -2.45. The molecular weight excluding hydrogens is 413 g/mol. The van der Waals surface area contributed by atoms with Gasteiger partial charge in [0, 0.05) is 12.5 Å². The fraction of sp³-hybridized carbons (Fsp3) is 0.250. The molecular formula is C28H24FN3O. The first kappa shape index (κ1) is 20.0. The highest BCUT2D eigenvalue weighted by molar-refractivity contribution is 5.68. The topological polar surface area (TPSA) is 62.3 Å². The van der Waals surface area contributed by atoms with Crippen LogP contribution >= 0.6 is 0 Å². The monoisotopic (exact) mass is 437 g/mol. The highest BCUT2D eigenvalue weighted by atomic mass is 19.1. The molecule has 0 aromatic heterocycles. The van der Waals surface area contributed by atoms with Crippen molar-refractivity contribution in [2.75, 3.05) is 7.05 Å². The second-order valence-electron chi connectivity index (χ2n) is 9.47. The Bertz CT molecular complexity index is 1370. The summed E-state index contributed by atoms with van der Waals surface area (Å²) in [4.78, 5) is 6.59. The molecule has 6 rings (SSSR count). The highest BCUT2D eigenvalue weighted by Gasteiger charge is 2.61. The average molecular weight is 438 g/mol. The van der Waals surface area contributed by atoms with Gasteiger partial charge in [0.25, 0.3) is 0 Å². The third-order valence-corrected chi connectivity index (χ3v) is 7.75. The Morgan fingerprint density at radius 2 is 1.82 bits per heavy atom. The Balaban J connectivity index is 1.51. The summed E-state index contributed by atoms with van der Waals surface area (Å²) < 4.78 is 14.5. The number of nitriles is 1. The Kier molecular flexibility index (Phi) is 4.21. The number of hydroxylamine groups is 2. The summed E-state index contributed by atoms with van der Waals surface area (Å²) in [5.74, 6) is 0.468. The standard InChI is InChI=1S/C28H24FN3O/c1-32-26(31)16-28(33-32)24-13-20(19-5-2-4-18(12-19)17-30)8-9-22(24)15-27(28)11-10-23-21(14-27)6-3-7-25(23)29/h2-9,12-13,16H,10-11,14-15,31H2,1H3. The molecule has 5 heteroatoms. The molecule has 33 heavy (non-hydrogen) atoms. The van der Waals surface area contributed by atoms with Gasteiger partial charge < -0.3 is 5.73 Å². The maximum atomic E-state index is 14.5. The van der Waals surface area contributed by atoms with Crippen LogP contribution in [0.5, 0.6) is 0 Å². The second kappa shape index (κ2) is 6.94. The lowest BCUT2D eigenvalue weighted by atomic mass is 9.62. The van der Waals surface area contributed by atoms with Gasteiger partial charge in [-0.1, -0.05) is 36.4 Å².